The second-order valence-corrected chi connectivity index (χ2v) is 7.71. The van der Waals surface area contributed by atoms with Crippen LogP contribution in [0.2, 0.25) is 0 Å². The van der Waals surface area contributed by atoms with Gasteiger partial charge in [0.15, 0.2) is 0 Å². The Morgan fingerprint density at radius 3 is 2.57 bits per heavy atom. The van der Waals surface area contributed by atoms with E-state index in [4.69, 9.17) is 12.2 Å². The van der Waals surface area contributed by atoms with Crippen molar-refractivity contribution in [2.45, 2.75) is 37.8 Å². The molecule has 2 rings (SSSR count). The topological polar surface area (TPSA) is 28.7 Å². The Morgan fingerprint density at radius 2 is 1.95 bits per heavy atom. The van der Waals surface area contributed by atoms with Crippen LogP contribution in [0.15, 0.2) is 33.6 Å². The van der Waals surface area contributed by atoms with Crippen LogP contribution in [0.3, 0.4) is 0 Å². The lowest BCUT2D eigenvalue weighted by atomic mass is 10.1. The van der Waals surface area contributed by atoms with E-state index < -0.39 is 0 Å². The van der Waals surface area contributed by atoms with Crippen molar-refractivity contribution in [3.63, 3.8) is 0 Å². The highest BCUT2D eigenvalue weighted by atomic mass is 79.9. The van der Waals surface area contributed by atoms with E-state index in [1.165, 1.54) is 10.5 Å². The van der Waals surface area contributed by atoms with E-state index in [1.54, 1.807) is 11.8 Å². The van der Waals surface area contributed by atoms with E-state index in [1.807, 2.05) is 0 Å². The van der Waals surface area contributed by atoms with Gasteiger partial charge >= 0.3 is 0 Å². The Hall–Kier alpha value is -0.650. The molecule has 0 spiro atoms. The van der Waals surface area contributed by atoms with Crippen LogP contribution in [0.25, 0.3) is 0 Å². The fraction of sp³-hybridized carbons (Fsp3) is 0.375. The molecule has 0 atom stereocenters. The summed E-state index contributed by atoms with van der Waals surface area (Å²) in [6.45, 7) is 6.50. The van der Waals surface area contributed by atoms with E-state index in [0.29, 0.717) is 10.6 Å². The molecule has 2 nitrogen and oxygen atoms in total. The smallest absolute Gasteiger partial charge is 0.144 e. The van der Waals surface area contributed by atoms with E-state index in [0.717, 1.165) is 28.2 Å². The van der Waals surface area contributed by atoms with Crippen LogP contribution >= 0.6 is 39.9 Å². The van der Waals surface area contributed by atoms with Gasteiger partial charge in [0, 0.05) is 10.6 Å². The summed E-state index contributed by atoms with van der Waals surface area (Å²) in [6.07, 6.45) is 0.967. The summed E-state index contributed by atoms with van der Waals surface area (Å²) in [5.41, 5.74) is 2.42. The molecular weight excluding hydrogens is 364 g/mol. The van der Waals surface area contributed by atoms with Crippen molar-refractivity contribution in [2.24, 2.45) is 5.92 Å². The molecule has 1 aromatic carbocycles. The first-order chi connectivity index (χ1) is 9.95. The van der Waals surface area contributed by atoms with Crippen LogP contribution in [0, 0.1) is 17.5 Å². The molecule has 0 aliphatic heterocycles. The van der Waals surface area contributed by atoms with Crippen molar-refractivity contribution >= 4 is 39.9 Å². The number of hydrogen-bond acceptors (Lipinski definition) is 3. The van der Waals surface area contributed by atoms with E-state index >= 15 is 0 Å². The number of hydrogen-bond donors (Lipinski definition) is 1. The predicted octanol–water partition coefficient (Wildman–Crippen LogP) is 5.70. The Morgan fingerprint density at radius 1 is 1.29 bits per heavy atom. The largest absolute Gasteiger partial charge is 0.345 e. The molecule has 0 amide bonds. The van der Waals surface area contributed by atoms with Crippen LogP contribution in [0.1, 0.15) is 30.9 Å². The molecule has 0 unspecified atom stereocenters. The van der Waals surface area contributed by atoms with Gasteiger partial charge in [-0.1, -0.05) is 43.8 Å². The normalized spacial score (nSPS) is 11.1. The van der Waals surface area contributed by atoms with Gasteiger partial charge in [-0.25, -0.2) is 4.98 Å². The second-order valence-electron chi connectivity index (χ2n) is 5.48. The molecule has 0 saturated carbocycles. The Bertz CT molecular complexity index is 663. The Balaban J connectivity index is 2.14. The fourth-order valence-electron chi connectivity index (χ4n) is 1.96. The lowest BCUT2D eigenvalue weighted by molar-refractivity contribution is 0.629. The predicted molar refractivity (Wildman–Crippen MR) is 96.4 cm³/mol. The molecule has 1 N–H and O–H groups in total. The maximum Gasteiger partial charge on any atom is 0.144 e. The minimum atomic E-state index is 0.576. The van der Waals surface area contributed by atoms with Gasteiger partial charge in [0.05, 0.1) is 10.2 Å². The van der Waals surface area contributed by atoms with Gasteiger partial charge in [0.2, 0.25) is 0 Å². The van der Waals surface area contributed by atoms with Gasteiger partial charge in [-0.15, -0.1) is 11.8 Å². The van der Waals surface area contributed by atoms with Gasteiger partial charge < -0.3 is 4.98 Å². The van der Waals surface area contributed by atoms with Gasteiger partial charge in [-0.2, -0.15) is 0 Å². The van der Waals surface area contributed by atoms with Crippen molar-refractivity contribution in [1.82, 2.24) is 9.97 Å². The summed E-state index contributed by atoms with van der Waals surface area (Å²) >= 11 is 10.7. The van der Waals surface area contributed by atoms with Gasteiger partial charge in [0.1, 0.15) is 10.5 Å². The first kappa shape index (κ1) is 16.7. The molecule has 2 aromatic rings. The number of halogens is 1. The number of H-pyrrole nitrogens is 1. The number of nitrogens with one attached hydrogen (secondary N) is 1. The van der Waals surface area contributed by atoms with Gasteiger partial charge in [0.25, 0.3) is 0 Å². The lowest BCUT2D eigenvalue weighted by Gasteiger charge is -2.10. The van der Waals surface area contributed by atoms with Crippen molar-refractivity contribution in [3.8, 4) is 0 Å². The second kappa shape index (κ2) is 7.56. The highest BCUT2D eigenvalue weighted by molar-refractivity contribution is 9.10. The maximum atomic E-state index is 5.34. The van der Waals surface area contributed by atoms with Crippen molar-refractivity contribution in [3.05, 3.63) is 50.5 Å². The minimum Gasteiger partial charge on any atom is -0.345 e. The number of aryl methyl sites for hydroxylation is 1. The molecule has 1 heterocycles. The molecule has 0 saturated heterocycles. The number of aromatic nitrogens is 2. The molecule has 0 aliphatic carbocycles. The molecule has 112 valence electrons. The fourth-order valence-corrected chi connectivity index (χ4v) is 3.31. The lowest BCUT2D eigenvalue weighted by Crippen LogP contribution is -2.04. The Kier molecular flexibility index (Phi) is 6.02. The molecule has 0 bridgehead atoms. The molecule has 1 aromatic heterocycles. The number of rotatable bonds is 5. The van der Waals surface area contributed by atoms with Crippen molar-refractivity contribution < 1.29 is 0 Å². The molecule has 5 heteroatoms. The molecule has 0 fully saturated rings. The SMILES string of the molecule is Cc1ccc(SCc2nc(=S)c(Br)c(CC(C)C)[nH]2)cc1. The number of benzene rings is 1. The zero-order chi connectivity index (χ0) is 15.4. The van der Waals surface area contributed by atoms with Crippen LogP contribution in [0.4, 0.5) is 0 Å². The summed E-state index contributed by atoms with van der Waals surface area (Å²) in [6, 6.07) is 8.54. The van der Waals surface area contributed by atoms with E-state index in [2.05, 4.69) is 70.9 Å². The van der Waals surface area contributed by atoms with Crippen molar-refractivity contribution in [2.75, 3.05) is 0 Å². The third-order valence-electron chi connectivity index (χ3n) is 2.99. The maximum absolute atomic E-state index is 5.34. The minimum absolute atomic E-state index is 0.576. The average molecular weight is 383 g/mol. The summed E-state index contributed by atoms with van der Waals surface area (Å²) < 4.78 is 1.57. The Labute approximate surface area is 143 Å². The highest BCUT2D eigenvalue weighted by Gasteiger charge is 2.08. The highest BCUT2D eigenvalue weighted by Crippen LogP contribution is 2.24. The third-order valence-corrected chi connectivity index (χ3v) is 5.43. The average Bonchev–Trinajstić information content (AvgIpc) is 2.43. The number of aromatic amines is 1. The first-order valence-corrected chi connectivity index (χ1v) is 9.11. The standard InChI is InChI=1S/C16H19BrN2S2/c1-10(2)8-13-15(17)16(20)19-14(18-13)9-21-12-6-4-11(3)5-7-12/h4-7,10H,8-9H2,1-3H3,(H,18,19,20). The van der Waals surface area contributed by atoms with Crippen LogP contribution in [-0.4, -0.2) is 9.97 Å². The summed E-state index contributed by atoms with van der Waals surface area (Å²) in [7, 11) is 0. The van der Waals surface area contributed by atoms with Crippen LogP contribution in [-0.2, 0) is 12.2 Å². The summed E-state index contributed by atoms with van der Waals surface area (Å²) in [5.74, 6) is 2.31. The zero-order valence-electron chi connectivity index (χ0n) is 12.4. The summed E-state index contributed by atoms with van der Waals surface area (Å²) in [4.78, 5) is 9.13. The van der Waals surface area contributed by atoms with Crippen LogP contribution < -0.4 is 0 Å². The van der Waals surface area contributed by atoms with Gasteiger partial charge in [-0.05, 0) is 47.3 Å². The summed E-state index contributed by atoms with van der Waals surface area (Å²) in [5, 5.41) is 0. The van der Waals surface area contributed by atoms with Crippen LogP contribution in [0.5, 0.6) is 0 Å². The number of thioether (sulfide) groups is 1. The number of nitrogens with zero attached hydrogens (tertiary/aromatic N) is 1. The first-order valence-electron chi connectivity index (χ1n) is 6.92. The monoisotopic (exact) mass is 382 g/mol. The van der Waals surface area contributed by atoms with E-state index in [9.17, 15) is 0 Å². The molecule has 0 aliphatic rings. The third kappa shape index (κ3) is 4.94. The van der Waals surface area contributed by atoms with Crippen molar-refractivity contribution in [1.29, 1.82) is 0 Å². The molecular formula is C16H19BrN2S2. The molecule has 21 heavy (non-hydrogen) atoms. The quantitative estimate of drug-likeness (QED) is 0.530. The van der Waals surface area contributed by atoms with Gasteiger partial charge in [-0.3, -0.25) is 0 Å². The van der Waals surface area contributed by atoms with E-state index in [-0.39, 0.29) is 0 Å². The zero-order valence-corrected chi connectivity index (χ0v) is 15.7. The molecule has 0 radical (unpaired) electrons.